The van der Waals surface area contributed by atoms with Crippen LogP contribution in [0.3, 0.4) is 0 Å². The van der Waals surface area contributed by atoms with Gasteiger partial charge in [0, 0.05) is 25.9 Å². The van der Waals surface area contributed by atoms with Crippen LogP contribution in [-0.2, 0) is 9.31 Å². The van der Waals surface area contributed by atoms with Crippen LogP contribution in [0.2, 0.25) is 0 Å². The minimum Gasteiger partial charge on any atom is -0.399 e. The number of fused-ring (bicyclic) bond motifs is 1. The van der Waals surface area contributed by atoms with Gasteiger partial charge in [-0.05, 0) is 45.3 Å². The van der Waals surface area contributed by atoms with E-state index in [1.165, 1.54) is 12.1 Å². The maximum absolute atomic E-state index is 13.3. The van der Waals surface area contributed by atoms with E-state index in [1.807, 2.05) is 61.6 Å². The molecule has 8 heteroatoms. The Morgan fingerprint density at radius 1 is 1.16 bits per heavy atom. The average molecular weight is 368 g/mol. The monoisotopic (exact) mass is 368 g/mol. The third-order valence-corrected chi connectivity index (χ3v) is 6.68. The van der Waals surface area contributed by atoms with E-state index >= 15 is 0 Å². The molecule has 4 rings (SSSR count). The van der Waals surface area contributed by atoms with Gasteiger partial charge in [0.25, 0.3) is 5.92 Å². The minimum atomic E-state index is -2.50. The number of nitrogens with zero attached hydrogens (tertiary/aromatic N) is 2. The van der Waals surface area contributed by atoms with Crippen molar-refractivity contribution in [2.24, 2.45) is 5.92 Å². The molecule has 2 fully saturated rings. The van der Waals surface area contributed by atoms with Gasteiger partial charge in [-0.15, -0.1) is 0 Å². The topological polar surface area (TPSA) is 24.9 Å². The molecular weight excluding hydrogens is 345 g/mol. The molecule has 25 heavy (non-hydrogen) atoms. The third kappa shape index (κ3) is 2.82. The van der Waals surface area contributed by atoms with Crippen molar-refractivity contribution >= 4 is 36.1 Å². The van der Waals surface area contributed by atoms with E-state index in [0.29, 0.717) is 6.54 Å². The molecule has 0 spiro atoms. The minimum absolute atomic E-state index is 0.00485. The van der Waals surface area contributed by atoms with Crippen LogP contribution in [0.5, 0.6) is 0 Å². The number of hydrogen-bond donors (Lipinski definition) is 0. The van der Waals surface area contributed by atoms with Gasteiger partial charge in [-0.1, -0.05) is 6.07 Å². The van der Waals surface area contributed by atoms with Crippen molar-refractivity contribution in [3.63, 3.8) is 0 Å². The summed E-state index contributed by atoms with van der Waals surface area (Å²) in [6.45, 7) is 8.48. The third-order valence-electron chi connectivity index (χ3n) is 5.70. The first-order valence-corrected chi connectivity index (χ1v) is 9.30. The van der Waals surface area contributed by atoms with Crippen molar-refractivity contribution in [3.05, 3.63) is 18.2 Å². The van der Waals surface area contributed by atoms with Gasteiger partial charge < -0.3 is 9.31 Å². The van der Waals surface area contributed by atoms with E-state index < -0.39 is 19.0 Å². The number of halogens is 2. The molecule has 4 nitrogen and oxygen atoms in total. The summed E-state index contributed by atoms with van der Waals surface area (Å²) >= 11 is 1.47. The van der Waals surface area contributed by atoms with Crippen LogP contribution in [0.25, 0.3) is 0 Å². The van der Waals surface area contributed by atoms with Crippen molar-refractivity contribution < 1.29 is 18.1 Å². The van der Waals surface area contributed by atoms with Gasteiger partial charge in [-0.2, -0.15) is 0 Å². The van der Waals surface area contributed by atoms with Crippen LogP contribution in [0.4, 0.5) is 20.2 Å². The highest BCUT2D eigenvalue weighted by atomic mass is 32.2. The largest absolute Gasteiger partial charge is 0.494 e. The highest BCUT2D eigenvalue weighted by Gasteiger charge is 2.58. The molecule has 136 valence electrons. The van der Waals surface area contributed by atoms with Gasteiger partial charge in [0.2, 0.25) is 0 Å². The zero-order chi connectivity index (χ0) is 18.2. The molecule has 1 atom stereocenters. The molecule has 1 aromatic rings. The van der Waals surface area contributed by atoms with Crippen molar-refractivity contribution in [1.82, 2.24) is 0 Å². The highest BCUT2D eigenvalue weighted by Crippen LogP contribution is 2.52. The Morgan fingerprint density at radius 3 is 2.32 bits per heavy atom. The summed E-state index contributed by atoms with van der Waals surface area (Å²) in [6, 6.07) is 5.99. The summed E-state index contributed by atoms with van der Waals surface area (Å²) in [5, 5.41) is 0. The number of hydrogen-bond acceptors (Lipinski definition) is 5. The number of benzene rings is 1. The van der Waals surface area contributed by atoms with Crippen molar-refractivity contribution in [2.75, 3.05) is 22.2 Å². The quantitative estimate of drug-likeness (QED) is 0.601. The molecular formula is C17H23BF2N2O2S. The van der Waals surface area contributed by atoms with Gasteiger partial charge in [-0.25, -0.2) is 8.78 Å². The van der Waals surface area contributed by atoms with E-state index in [-0.39, 0.29) is 17.6 Å². The molecule has 0 bridgehead atoms. The van der Waals surface area contributed by atoms with Gasteiger partial charge in [0.15, 0.2) is 0 Å². The van der Waals surface area contributed by atoms with Crippen LogP contribution in [0, 0.1) is 5.92 Å². The molecule has 0 amide bonds. The molecule has 2 aliphatic heterocycles. The van der Waals surface area contributed by atoms with Crippen LogP contribution < -0.4 is 14.1 Å². The molecule has 0 radical (unpaired) electrons. The second-order valence-corrected chi connectivity index (χ2v) is 9.29. The van der Waals surface area contributed by atoms with Crippen LogP contribution in [-0.4, -0.2) is 37.8 Å². The maximum Gasteiger partial charge on any atom is 0.494 e. The van der Waals surface area contributed by atoms with Crippen LogP contribution in [0.1, 0.15) is 34.1 Å². The second-order valence-electron chi connectivity index (χ2n) is 8.14. The zero-order valence-electron chi connectivity index (χ0n) is 15.2. The molecule has 2 heterocycles. The zero-order valence-corrected chi connectivity index (χ0v) is 16.0. The van der Waals surface area contributed by atoms with Gasteiger partial charge in [0.05, 0.1) is 34.7 Å². The normalized spacial score (nSPS) is 28.4. The number of alkyl halides is 2. The lowest BCUT2D eigenvalue weighted by atomic mass is 9.78. The average Bonchev–Trinajstić information content (AvgIpc) is 2.86. The summed E-state index contributed by atoms with van der Waals surface area (Å²) in [6.07, 6.45) is -0.00485. The van der Waals surface area contributed by atoms with E-state index in [2.05, 4.69) is 0 Å². The molecule has 1 saturated heterocycles. The summed E-state index contributed by atoms with van der Waals surface area (Å²) in [7, 11) is 1.53. The van der Waals surface area contributed by atoms with E-state index in [4.69, 9.17) is 9.31 Å². The maximum atomic E-state index is 13.3. The molecule has 1 aliphatic carbocycles. The summed E-state index contributed by atoms with van der Waals surface area (Å²) in [5.74, 6) is -3.04. The molecule has 0 N–H and O–H groups in total. The molecule has 1 saturated carbocycles. The Bertz CT molecular complexity index is 700. The summed E-state index contributed by atoms with van der Waals surface area (Å²) < 4.78 is 42.7. The molecule has 3 aliphatic rings. The fourth-order valence-electron chi connectivity index (χ4n) is 3.16. The Morgan fingerprint density at radius 2 is 1.76 bits per heavy atom. The van der Waals surface area contributed by atoms with Crippen LogP contribution in [0.15, 0.2) is 18.2 Å². The predicted molar refractivity (Wildman–Crippen MR) is 98.6 cm³/mol. The second kappa shape index (κ2) is 5.27. The first kappa shape index (κ1) is 17.4. The molecule has 1 aromatic carbocycles. The highest BCUT2D eigenvalue weighted by molar-refractivity contribution is 8.02. The summed E-state index contributed by atoms with van der Waals surface area (Å²) in [5.41, 5.74) is 2.14. The fraction of sp³-hybridized carbons (Fsp3) is 0.647. The van der Waals surface area contributed by atoms with Crippen molar-refractivity contribution in [1.29, 1.82) is 0 Å². The lowest BCUT2D eigenvalue weighted by Gasteiger charge is -2.32. The lowest BCUT2D eigenvalue weighted by molar-refractivity contribution is 0.00578. The first-order chi connectivity index (χ1) is 11.5. The number of rotatable bonds is 3. The molecule has 0 aromatic heterocycles. The first-order valence-electron chi connectivity index (χ1n) is 8.57. The Kier molecular flexibility index (Phi) is 3.67. The summed E-state index contributed by atoms with van der Waals surface area (Å²) in [4.78, 5) is 0. The van der Waals surface area contributed by atoms with Crippen molar-refractivity contribution in [2.45, 2.75) is 51.2 Å². The smallest absolute Gasteiger partial charge is 0.399 e. The predicted octanol–water partition coefficient (Wildman–Crippen LogP) is 3.46. The SMILES string of the molecule is CN1SN(CC2CC2(F)F)c2ccc(B3OC(C)(C)C(C)(C)O3)cc21. The Hall–Kier alpha value is -0.985. The van der Waals surface area contributed by atoms with Gasteiger partial charge >= 0.3 is 7.12 Å². The van der Waals surface area contributed by atoms with Gasteiger partial charge in [0.1, 0.15) is 0 Å². The number of anilines is 2. The lowest BCUT2D eigenvalue weighted by Crippen LogP contribution is -2.41. The fourth-order valence-corrected chi connectivity index (χ4v) is 4.18. The van der Waals surface area contributed by atoms with Crippen molar-refractivity contribution in [3.8, 4) is 0 Å². The Balaban J connectivity index is 1.56. The van der Waals surface area contributed by atoms with E-state index in [9.17, 15) is 8.78 Å². The van der Waals surface area contributed by atoms with E-state index in [1.54, 1.807) is 0 Å². The Labute approximate surface area is 152 Å². The van der Waals surface area contributed by atoms with E-state index in [0.717, 1.165) is 16.8 Å². The van der Waals surface area contributed by atoms with Crippen LogP contribution >= 0.6 is 12.1 Å². The van der Waals surface area contributed by atoms with Gasteiger partial charge in [-0.3, -0.25) is 8.61 Å². The molecule has 1 unspecified atom stereocenters. The standard InChI is InChI=1S/C17H23BF2N2O2S/c1-15(2)16(3,4)24-18(23-15)12-6-7-13-14(8-12)21(5)25-22(13)10-11-9-17(11,19)20/h6-8,11H,9-10H2,1-5H3.